The summed E-state index contributed by atoms with van der Waals surface area (Å²) in [5, 5.41) is 19.7. The van der Waals surface area contributed by atoms with Gasteiger partial charge in [-0.3, -0.25) is 4.79 Å². The Bertz CT molecular complexity index is 480. The van der Waals surface area contributed by atoms with Crippen LogP contribution in [0.2, 0.25) is 0 Å². The molecule has 2 N–H and O–H groups in total. The molecule has 0 aliphatic carbocycles. The summed E-state index contributed by atoms with van der Waals surface area (Å²) in [5.41, 5.74) is 0.194. The fraction of sp³-hybridized carbons (Fsp3) is 0.462. The summed E-state index contributed by atoms with van der Waals surface area (Å²) in [7, 11) is 0. The number of phenols is 2. The van der Waals surface area contributed by atoms with Gasteiger partial charge in [0.25, 0.3) is 5.91 Å². The van der Waals surface area contributed by atoms with Crippen LogP contribution in [0.1, 0.15) is 17.3 Å². The molecule has 1 aromatic carbocycles. The van der Waals surface area contributed by atoms with Crippen LogP contribution in [0.15, 0.2) is 18.2 Å². The minimum absolute atomic E-state index is 0.0422. The third-order valence-electron chi connectivity index (χ3n) is 3.15. The van der Waals surface area contributed by atoms with Gasteiger partial charge < -0.3 is 19.8 Å². The predicted molar refractivity (Wildman–Crippen MR) is 73.8 cm³/mol. The normalized spacial score (nSPS) is 23.4. The minimum Gasteiger partial charge on any atom is -0.508 e. The van der Waals surface area contributed by atoms with E-state index >= 15 is 0 Å². The van der Waals surface area contributed by atoms with Crippen LogP contribution >= 0.6 is 15.9 Å². The number of phenolic OH excluding ortho intramolecular Hbond substituents is 2. The molecule has 1 heterocycles. The van der Waals surface area contributed by atoms with Gasteiger partial charge in [0, 0.05) is 17.9 Å². The molecule has 1 saturated heterocycles. The fourth-order valence-corrected chi connectivity index (χ4v) is 2.44. The summed E-state index contributed by atoms with van der Waals surface area (Å²) < 4.78 is 5.56. The molecule has 1 fully saturated rings. The van der Waals surface area contributed by atoms with E-state index in [0.717, 1.165) is 0 Å². The Hall–Kier alpha value is -1.27. The number of ether oxygens (including phenoxy) is 1. The van der Waals surface area contributed by atoms with Crippen LogP contribution in [0.5, 0.6) is 11.5 Å². The number of amides is 1. The topological polar surface area (TPSA) is 70.0 Å². The molecular weight excluding hydrogens is 314 g/mol. The van der Waals surface area contributed by atoms with Crippen LogP contribution in [0.25, 0.3) is 0 Å². The Kier molecular flexibility index (Phi) is 4.31. The largest absolute Gasteiger partial charge is 0.508 e. The van der Waals surface area contributed by atoms with E-state index in [4.69, 9.17) is 4.74 Å². The van der Waals surface area contributed by atoms with E-state index in [1.807, 2.05) is 6.92 Å². The first-order valence-electron chi connectivity index (χ1n) is 6.03. The van der Waals surface area contributed by atoms with Crippen LogP contribution in [0, 0.1) is 0 Å². The SMILES string of the molecule is CC1COC(CBr)CN1C(=O)c1ccc(O)cc1O. The predicted octanol–water partition coefficient (Wildman–Crippen LogP) is 1.72. The van der Waals surface area contributed by atoms with Gasteiger partial charge in [0.15, 0.2) is 0 Å². The van der Waals surface area contributed by atoms with Gasteiger partial charge in [-0.05, 0) is 19.1 Å². The monoisotopic (exact) mass is 329 g/mol. The average Bonchev–Trinajstić information content (AvgIpc) is 2.38. The lowest BCUT2D eigenvalue weighted by molar-refractivity contribution is -0.0362. The number of carbonyl (C=O) groups excluding carboxylic acids is 1. The van der Waals surface area contributed by atoms with E-state index in [9.17, 15) is 15.0 Å². The van der Waals surface area contributed by atoms with E-state index < -0.39 is 0 Å². The minimum atomic E-state index is -0.251. The lowest BCUT2D eigenvalue weighted by Gasteiger charge is -2.37. The van der Waals surface area contributed by atoms with Crippen molar-refractivity contribution in [3.63, 3.8) is 0 Å². The first-order chi connectivity index (χ1) is 9.02. The van der Waals surface area contributed by atoms with Crippen molar-refractivity contribution in [2.24, 2.45) is 0 Å². The maximum Gasteiger partial charge on any atom is 0.258 e. The number of nitrogens with zero attached hydrogens (tertiary/aromatic N) is 1. The Balaban J connectivity index is 2.22. The van der Waals surface area contributed by atoms with E-state index in [1.54, 1.807) is 4.90 Å². The maximum absolute atomic E-state index is 12.4. The lowest BCUT2D eigenvalue weighted by Crippen LogP contribution is -2.51. The third kappa shape index (κ3) is 3.01. The molecule has 1 aromatic rings. The standard InChI is InChI=1S/C13H16BrNO4/c1-8-7-19-10(5-14)6-15(8)13(18)11-3-2-9(16)4-12(11)17/h2-4,8,10,16-17H,5-7H2,1H3. The van der Waals surface area contributed by atoms with Crippen molar-refractivity contribution >= 4 is 21.8 Å². The Morgan fingerprint density at radius 2 is 2.26 bits per heavy atom. The van der Waals surface area contributed by atoms with Crippen molar-refractivity contribution in [1.29, 1.82) is 0 Å². The summed E-state index contributed by atoms with van der Waals surface area (Å²) in [6.45, 7) is 2.85. The number of aromatic hydroxyl groups is 2. The van der Waals surface area contributed by atoms with Gasteiger partial charge in [-0.15, -0.1) is 0 Å². The number of carbonyl (C=O) groups is 1. The van der Waals surface area contributed by atoms with Crippen LogP contribution < -0.4 is 0 Å². The van der Waals surface area contributed by atoms with E-state index in [0.29, 0.717) is 18.5 Å². The Morgan fingerprint density at radius 3 is 2.89 bits per heavy atom. The molecule has 0 radical (unpaired) electrons. The van der Waals surface area contributed by atoms with E-state index in [1.165, 1.54) is 18.2 Å². The molecule has 5 nitrogen and oxygen atoms in total. The summed E-state index contributed by atoms with van der Waals surface area (Å²) in [4.78, 5) is 14.1. The number of hydrogen-bond acceptors (Lipinski definition) is 4. The van der Waals surface area contributed by atoms with Gasteiger partial charge in [0.1, 0.15) is 11.5 Å². The number of rotatable bonds is 2. The number of halogens is 1. The molecule has 104 valence electrons. The van der Waals surface area contributed by atoms with Gasteiger partial charge in [-0.25, -0.2) is 0 Å². The van der Waals surface area contributed by atoms with Gasteiger partial charge in [-0.1, -0.05) is 15.9 Å². The van der Waals surface area contributed by atoms with Crippen LogP contribution in [0.3, 0.4) is 0 Å². The molecular formula is C13H16BrNO4. The zero-order valence-corrected chi connectivity index (χ0v) is 12.1. The molecule has 1 amide bonds. The second-order valence-electron chi connectivity index (χ2n) is 4.62. The van der Waals surface area contributed by atoms with E-state index in [2.05, 4.69) is 15.9 Å². The van der Waals surface area contributed by atoms with Gasteiger partial charge in [0.05, 0.1) is 24.3 Å². The molecule has 6 heteroatoms. The Labute approximate surface area is 119 Å². The second-order valence-corrected chi connectivity index (χ2v) is 5.27. The highest BCUT2D eigenvalue weighted by Gasteiger charge is 2.30. The summed E-state index contributed by atoms with van der Waals surface area (Å²) in [5.74, 6) is -0.527. The second kappa shape index (κ2) is 5.79. The molecule has 1 aliphatic heterocycles. The van der Waals surface area contributed by atoms with Gasteiger partial charge in [-0.2, -0.15) is 0 Å². The summed E-state index contributed by atoms with van der Waals surface area (Å²) in [6.07, 6.45) is -0.0422. The number of benzene rings is 1. The van der Waals surface area contributed by atoms with Crippen LogP contribution in [-0.4, -0.2) is 51.6 Å². The number of alkyl halides is 1. The number of morpholine rings is 1. The molecule has 2 unspecified atom stereocenters. The number of hydrogen-bond donors (Lipinski definition) is 2. The zero-order valence-electron chi connectivity index (χ0n) is 10.5. The first kappa shape index (κ1) is 14.1. The molecule has 1 aliphatic rings. The van der Waals surface area contributed by atoms with Crippen molar-refractivity contribution in [2.45, 2.75) is 19.1 Å². The van der Waals surface area contributed by atoms with Crippen LogP contribution in [-0.2, 0) is 4.74 Å². The van der Waals surface area contributed by atoms with Gasteiger partial charge >= 0.3 is 0 Å². The maximum atomic E-state index is 12.4. The fourth-order valence-electron chi connectivity index (χ4n) is 2.05. The first-order valence-corrected chi connectivity index (χ1v) is 7.15. The molecule has 0 saturated carbocycles. The molecule has 0 bridgehead atoms. The highest BCUT2D eigenvalue weighted by atomic mass is 79.9. The molecule has 2 atom stereocenters. The highest BCUT2D eigenvalue weighted by Crippen LogP contribution is 2.25. The highest BCUT2D eigenvalue weighted by molar-refractivity contribution is 9.09. The smallest absolute Gasteiger partial charge is 0.258 e. The zero-order chi connectivity index (χ0) is 14.0. The van der Waals surface area contributed by atoms with Crippen molar-refractivity contribution in [3.05, 3.63) is 23.8 Å². The Morgan fingerprint density at radius 1 is 1.53 bits per heavy atom. The summed E-state index contributed by atoms with van der Waals surface area (Å²) >= 11 is 3.34. The molecule has 0 aromatic heterocycles. The quantitative estimate of drug-likeness (QED) is 0.810. The summed E-state index contributed by atoms with van der Waals surface area (Å²) in [6, 6.07) is 3.94. The lowest BCUT2D eigenvalue weighted by atomic mass is 10.1. The van der Waals surface area contributed by atoms with Crippen molar-refractivity contribution < 1.29 is 19.7 Å². The molecule has 0 spiro atoms. The average molecular weight is 330 g/mol. The third-order valence-corrected chi connectivity index (χ3v) is 3.87. The van der Waals surface area contributed by atoms with Crippen molar-refractivity contribution in [3.8, 4) is 11.5 Å². The van der Waals surface area contributed by atoms with Crippen molar-refractivity contribution in [2.75, 3.05) is 18.5 Å². The van der Waals surface area contributed by atoms with Gasteiger partial charge in [0.2, 0.25) is 0 Å². The van der Waals surface area contributed by atoms with E-state index in [-0.39, 0.29) is 35.1 Å². The molecule has 19 heavy (non-hydrogen) atoms. The molecule has 2 rings (SSSR count). The van der Waals surface area contributed by atoms with Crippen LogP contribution in [0.4, 0.5) is 0 Å². The van der Waals surface area contributed by atoms with Crippen molar-refractivity contribution in [1.82, 2.24) is 4.90 Å².